The number of hydrogen-bond acceptors (Lipinski definition) is 3. The van der Waals surface area contributed by atoms with E-state index < -0.39 is 10.0 Å². The van der Waals surface area contributed by atoms with Crippen molar-refractivity contribution in [2.45, 2.75) is 57.0 Å². The maximum absolute atomic E-state index is 11.5. The molecule has 5 heteroatoms. The van der Waals surface area contributed by atoms with Gasteiger partial charge in [-0.05, 0) is 62.8 Å². The van der Waals surface area contributed by atoms with Gasteiger partial charge in [-0.15, -0.1) is 0 Å². The van der Waals surface area contributed by atoms with Crippen molar-refractivity contribution in [2.75, 3.05) is 0 Å². The van der Waals surface area contributed by atoms with Crippen LogP contribution in [0, 0.1) is 13.8 Å². The van der Waals surface area contributed by atoms with Crippen LogP contribution in [-0.2, 0) is 10.0 Å². The van der Waals surface area contributed by atoms with Gasteiger partial charge in [-0.25, -0.2) is 13.6 Å². The fourth-order valence-corrected chi connectivity index (χ4v) is 3.82. The highest BCUT2D eigenvalue weighted by molar-refractivity contribution is 7.89. The minimum atomic E-state index is -3.67. The molecule has 0 atom stereocenters. The summed E-state index contributed by atoms with van der Waals surface area (Å²) in [7, 11) is -3.67. The van der Waals surface area contributed by atoms with Crippen molar-refractivity contribution in [2.24, 2.45) is 5.14 Å². The Morgan fingerprint density at radius 2 is 1.63 bits per heavy atom. The van der Waals surface area contributed by atoms with Crippen LogP contribution in [0.1, 0.15) is 43.2 Å². The van der Waals surface area contributed by atoms with Crippen molar-refractivity contribution in [3.8, 4) is 5.75 Å². The zero-order chi connectivity index (χ0) is 14.0. The molecule has 1 fully saturated rings. The summed E-state index contributed by atoms with van der Waals surface area (Å²) in [5, 5.41) is 5.22. The minimum absolute atomic E-state index is 0.212. The van der Waals surface area contributed by atoms with Crippen molar-refractivity contribution < 1.29 is 13.2 Å². The summed E-state index contributed by atoms with van der Waals surface area (Å²) in [4.78, 5) is 0.212. The van der Waals surface area contributed by atoms with E-state index in [0.717, 1.165) is 18.6 Å². The molecule has 0 radical (unpaired) electrons. The number of nitrogens with two attached hydrogens (primary N) is 1. The molecule has 0 unspecified atom stereocenters. The maximum Gasteiger partial charge on any atom is 0.238 e. The van der Waals surface area contributed by atoms with E-state index >= 15 is 0 Å². The van der Waals surface area contributed by atoms with E-state index in [2.05, 4.69) is 0 Å². The zero-order valence-electron chi connectivity index (χ0n) is 11.5. The second-order valence-electron chi connectivity index (χ2n) is 5.31. The molecule has 0 saturated heterocycles. The predicted molar refractivity (Wildman–Crippen MR) is 74.8 cm³/mol. The van der Waals surface area contributed by atoms with Crippen LogP contribution in [0.2, 0.25) is 0 Å². The van der Waals surface area contributed by atoms with Crippen LogP contribution in [0.15, 0.2) is 17.0 Å². The van der Waals surface area contributed by atoms with Crippen LogP contribution in [-0.4, -0.2) is 14.5 Å². The van der Waals surface area contributed by atoms with Gasteiger partial charge in [0.2, 0.25) is 10.0 Å². The number of benzene rings is 1. The van der Waals surface area contributed by atoms with E-state index in [4.69, 9.17) is 9.88 Å². The smallest absolute Gasteiger partial charge is 0.238 e. The van der Waals surface area contributed by atoms with Crippen LogP contribution in [0.25, 0.3) is 0 Å². The summed E-state index contributed by atoms with van der Waals surface area (Å²) >= 11 is 0. The molecule has 1 aliphatic carbocycles. The number of sulfonamides is 1. The van der Waals surface area contributed by atoms with Crippen molar-refractivity contribution in [1.29, 1.82) is 0 Å². The molecular weight excluding hydrogens is 262 g/mol. The molecule has 0 aliphatic heterocycles. The Hall–Kier alpha value is -1.07. The highest BCUT2D eigenvalue weighted by Gasteiger charge is 2.19. The number of aryl methyl sites for hydroxylation is 2. The van der Waals surface area contributed by atoms with E-state index in [1.165, 1.54) is 19.3 Å². The first kappa shape index (κ1) is 14.3. The first-order valence-electron chi connectivity index (χ1n) is 6.68. The van der Waals surface area contributed by atoms with Crippen LogP contribution in [0.4, 0.5) is 0 Å². The summed E-state index contributed by atoms with van der Waals surface area (Å²) in [6.45, 7) is 3.50. The van der Waals surface area contributed by atoms with Crippen LogP contribution < -0.4 is 9.88 Å². The van der Waals surface area contributed by atoms with Crippen molar-refractivity contribution in [3.63, 3.8) is 0 Å². The Kier molecular flexibility index (Phi) is 4.16. The third-order valence-corrected chi connectivity index (χ3v) is 4.79. The normalized spacial score (nSPS) is 17.4. The molecule has 1 aliphatic rings. The Morgan fingerprint density at radius 1 is 1.11 bits per heavy atom. The lowest BCUT2D eigenvalue weighted by Gasteiger charge is -2.23. The largest absolute Gasteiger partial charge is 0.490 e. The van der Waals surface area contributed by atoms with E-state index in [1.54, 1.807) is 26.0 Å². The van der Waals surface area contributed by atoms with Gasteiger partial charge in [0.1, 0.15) is 5.75 Å². The van der Waals surface area contributed by atoms with Gasteiger partial charge in [0.25, 0.3) is 0 Å². The monoisotopic (exact) mass is 283 g/mol. The van der Waals surface area contributed by atoms with Crippen LogP contribution in [0.5, 0.6) is 5.75 Å². The molecule has 1 aromatic carbocycles. The zero-order valence-corrected chi connectivity index (χ0v) is 12.3. The standard InChI is InChI=1S/C14H21NO3S/c1-10-8-13(18-12-6-4-3-5-7-12)9-11(2)14(10)19(15,16)17/h8-9,12H,3-7H2,1-2H3,(H2,15,16,17). The van der Waals surface area contributed by atoms with Gasteiger partial charge in [-0.2, -0.15) is 0 Å². The van der Waals surface area contributed by atoms with Crippen molar-refractivity contribution in [1.82, 2.24) is 0 Å². The molecule has 2 N–H and O–H groups in total. The number of hydrogen-bond donors (Lipinski definition) is 1. The van der Waals surface area contributed by atoms with E-state index in [-0.39, 0.29) is 11.0 Å². The average Bonchev–Trinajstić information content (AvgIpc) is 2.27. The summed E-state index contributed by atoms with van der Waals surface area (Å²) < 4.78 is 29.0. The van der Waals surface area contributed by atoms with Crippen molar-refractivity contribution in [3.05, 3.63) is 23.3 Å². The lowest BCUT2D eigenvalue weighted by molar-refractivity contribution is 0.154. The molecule has 4 nitrogen and oxygen atoms in total. The van der Waals surface area contributed by atoms with Crippen LogP contribution in [0.3, 0.4) is 0 Å². The highest BCUT2D eigenvalue weighted by atomic mass is 32.2. The number of rotatable bonds is 3. The molecule has 0 heterocycles. The molecule has 106 valence electrons. The van der Waals surface area contributed by atoms with E-state index in [0.29, 0.717) is 11.1 Å². The minimum Gasteiger partial charge on any atom is -0.490 e. The molecular formula is C14H21NO3S. The van der Waals surface area contributed by atoms with Gasteiger partial charge in [0.05, 0.1) is 11.0 Å². The van der Waals surface area contributed by atoms with Gasteiger partial charge >= 0.3 is 0 Å². The molecule has 19 heavy (non-hydrogen) atoms. The molecule has 0 spiro atoms. The fourth-order valence-electron chi connectivity index (χ4n) is 2.80. The third-order valence-electron chi connectivity index (χ3n) is 3.57. The van der Waals surface area contributed by atoms with E-state index in [1.807, 2.05) is 0 Å². The topological polar surface area (TPSA) is 69.4 Å². The lowest BCUT2D eigenvalue weighted by Crippen LogP contribution is -2.20. The molecule has 0 amide bonds. The Balaban J connectivity index is 2.24. The predicted octanol–water partition coefficient (Wildman–Crippen LogP) is 2.66. The molecule has 0 aromatic heterocycles. The van der Waals surface area contributed by atoms with Gasteiger partial charge in [-0.1, -0.05) is 6.42 Å². The van der Waals surface area contributed by atoms with E-state index in [9.17, 15) is 8.42 Å². The van der Waals surface area contributed by atoms with Crippen molar-refractivity contribution >= 4 is 10.0 Å². The summed E-state index contributed by atoms with van der Waals surface area (Å²) in [6, 6.07) is 3.53. The second-order valence-corrected chi connectivity index (χ2v) is 6.81. The molecule has 2 rings (SSSR count). The molecule has 0 bridgehead atoms. The number of primary sulfonamides is 1. The van der Waals surface area contributed by atoms with Gasteiger partial charge in [0.15, 0.2) is 0 Å². The Bertz CT molecular complexity index is 537. The first-order chi connectivity index (χ1) is 8.88. The second kappa shape index (κ2) is 5.51. The lowest BCUT2D eigenvalue weighted by atomic mass is 9.98. The number of ether oxygens (including phenoxy) is 1. The third kappa shape index (κ3) is 3.48. The Morgan fingerprint density at radius 3 is 2.11 bits per heavy atom. The fraction of sp³-hybridized carbons (Fsp3) is 0.571. The Labute approximate surface area is 115 Å². The van der Waals surface area contributed by atoms with Gasteiger partial charge in [0, 0.05) is 0 Å². The SMILES string of the molecule is Cc1cc(OC2CCCCC2)cc(C)c1S(N)(=O)=O. The molecule has 1 aromatic rings. The highest BCUT2D eigenvalue weighted by Crippen LogP contribution is 2.28. The quantitative estimate of drug-likeness (QED) is 0.927. The average molecular weight is 283 g/mol. The maximum atomic E-state index is 11.5. The molecule has 1 saturated carbocycles. The summed E-state index contributed by atoms with van der Waals surface area (Å²) in [6.07, 6.45) is 6.11. The summed E-state index contributed by atoms with van der Waals surface area (Å²) in [5.41, 5.74) is 1.29. The summed E-state index contributed by atoms with van der Waals surface area (Å²) in [5.74, 6) is 0.745. The van der Waals surface area contributed by atoms with Gasteiger partial charge < -0.3 is 4.74 Å². The van der Waals surface area contributed by atoms with Gasteiger partial charge in [-0.3, -0.25) is 0 Å². The first-order valence-corrected chi connectivity index (χ1v) is 8.23. The van der Waals surface area contributed by atoms with Crippen LogP contribution >= 0.6 is 0 Å².